The molecule has 5 nitrogen and oxygen atoms in total. The van der Waals surface area contributed by atoms with E-state index < -0.39 is 20.7 Å². The molecule has 120 valence electrons. The van der Waals surface area contributed by atoms with Gasteiger partial charge in [0, 0.05) is 6.54 Å². The summed E-state index contributed by atoms with van der Waals surface area (Å²) in [6, 6.07) is 7.00. The zero-order valence-electron chi connectivity index (χ0n) is 12.1. The minimum Gasteiger partial charge on any atom is -0.468 e. The van der Waals surface area contributed by atoms with Crippen molar-refractivity contribution in [3.63, 3.8) is 0 Å². The van der Waals surface area contributed by atoms with Crippen LogP contribution in [0.1, 0.15) is 11.8 Å². The first-order valence-corrected chi connectivity index (χ1v) is 8.32. The van der Waals surface area contributed by atoms with E-state index in [0.717, 1.165) is 0 Å². The second-order valence-corrected chi connectivity index (χ2v) is 7.04. The molecule has 0 fully saturated rings. The molecule has 0 unspecified atom stereocenters. The maximum atomic E-state index is 13.9. The van der Waals surface area contributed by atoms with Crippen molar-refractivity contribution in [2.75, 3.05) is 20.6 Å². The molecule has 0 saturated carbocycles. The average molecular weight is 347 g/mol. The van der Waals surface area contributed by atoms with Crippen LogP contribution in [0.25, 0.3) is 0 Å². The third-order valence-corrected chi connectivity index (χ3v) is 4.90. The Morgan fingerprint density at radius 1 is 1.32 bits per heavy atom. The standard InChI is InChI=1S/C14H16ClFN2O3S/c1-18(2)11(12-6-4-8-21-12)9-17-22(19,20)13-7-3-5-10(15)14(13)16/h3-8,11,17H,9H2,1-2H3/t11-/m1/s1. The van der Waals surface area contributed by atoms with Gasteiger partial charge in [-0.1, -0.05) is 17.7 Å². The molecule has 1 aromatic heterocycles. The molecule has 0 bridgehead atoms. The van der Waals surface area contributed by atoms with E-state index in [-0.39, 0.29) is 17.6 Å². The molecule has 0 aliphatic heterocycles. The summed E-state index contributed by atoms with van der Waals surface area (Å²) in [6.07, 6.45) is 1.51. The molecule has 1 N–H and O–H groups in total. The van der Waals surface area contributed by atoms with Crippen molar-refractivity contribution in [3.8, 4) is 0 Å². The Morgan fingerprint density at radius 3 is 2.64 bits per heavy atom. The lowest BCUT2D eigenvalue weighted by atomic mass is 10.2. The van der Waals surface area contributed by atoms with Gasteiger partial charge in [-0.2, -0.15) is 0 Å². The Balaban J connectivity index is 2.20. The van der Waals surface area contributed by atoms with Gasteiger partial charge >= 0.3 is 0 Å². The van der Waals surface area contributed by atoms with Crippen LogP contribution < -0.4 is 4.72 Å². The molecule has 0 aliphatic carbocycles. The molecule has 0 amide bonds. The van der Waals surface area contributed by atoms with E-state index in [2.05, 4.69) is 4.72 Å². The van der Waals surface area contributed by atoms with Crippen LogP contribution in [0.5, 0.6) is 0 Å². The SMILES string of the molecule is CN(C)[C@H](CNS(=O)(=O)c1cccc(Cl)c1F)c1ccco1. The van der Waals surface area contributed by atoms with Gasteiger partial charge in [-0.05, 0) is 38.4 Å². The maximum Gasteiger partial charge on any atom is 0.243 e. The van der Waals surface area contributed by atoms with E-state index in [1.54, 1.807) is 31.1 Å². The third kappa shape index (κ3) is 3.67. The predicted molar refractivity (Wildman–Crippen MR) is 81.7 cm³/mol. The Labute approximate surface area is 133 Å². The summed E-state index contributed by atoms with van der Waals surface area (Å²) in [4.78, 5) is 1.33. The summed E-state index contributed by atoms with van der Waals surface area (Å²) in [5.74, 6) is -0.352. The number of nitrogens with one attached hydrogen (secondary N) is 1. The minimum absolute atomic E-state index is 0.0365. The largest absolute Gasteiger partial charge is 0.468 e. The Morgan fingerprint density at radius 2 is 2.05 bits per heavy atom. The minimum atomic E-state index is -4.01. The molecule has 0 saturated heterocycles. The van der Waals surface area contributed by atoms with Crippen LogP contribution in [0.3, 0.4) is 0 Å². The quantitative estimate of drug-likeness (QED) is 0.873. The van der Waals surface area contributed by atoms with Crippen LogP contribution in [0.2, 0.25) is 5.02 Å². The second kappa shape index (κ2) is 6.78. The summed E-state index contributed by atoms with van der Waals surface area (Å²) in [5.41, 5.74) is 0. The van der Waals surface area contributed by atoms with Crippen LogP contribution in [0.15, 0.2) is 45.9 Å². The average Bonchev–Trinajstić information content (AvgIpc) is 2.95. The summed E-state index contributed by atoms with van der Waals surface area (Å²) in [6.45, 7) is 0.0365. The lowest BCUT2D eigenvalue weighted by Gasteiger charge is -2.22. The molecule has 8 heteroatoms. The van der Waals surface area contributed by atoms with Gasteiger partial charge in [0.2, 0.25) is 10.0 Å². The second-order valence-electron chi connectivity index (χ2n) is 4.90. The number of hydrogen-bond acceptors (Lipinski definition) is 4. The van der Waals surface area contributed by atoms with Crippen molar-refractivity contribution in [2.24, 2.45) is 0 Å². The van der Waals surface area contributed by atoms with Crippen molar-refractivity contribution in [1.29, 1.82) is 0 Å². The predicted octanol–water partition coefficient (Wildman–Crippen LogP) is 2.65. The van der Waals surface area contributed by atoms with Gasteiger partial charge in [0.15, 0.2) is 5.82 Å². The highest BCUT2D eigenvalue weighted by atomic mass is 35.5. The smallest absolute Gasteiger partial charge is 0.243 e. The van der Waals surface area contributed by atoms with E-state index in [1.807, 2.05) is 0 Å². The number of furan rings is 1. The maximum absolute atomic E-state index is 13.9. The van der Waals surface area contributed by atoms with E-state index in [4.69, 9.17) is 16.0 Å². The van der Waals surface area contributed by atoms with Crippen LogP contribution >= 0.6 is 11.6 Å². The Kier molecular flexibility index (Phi) is 5.23. The molecule has 22 heavy (non-hydrogen) atoms. The molecular formula is C14H16ClFN2O3S. The fourth-order valence-electron chi connectivity index (χ4n) is 1.98. The summed E-state index contributed by atoms with van der Waals surface area (Å²) >= 11 is 5.62. The summed E-state index contributed by atoms with van der Waals surface area (Å²) in [7, 11) is -0.425. The molecule has 1 aromatic carbocycles. The molecule has 0 spiro atoms. The number of nitrogens with zero attached hydrogens (tertiary/aromatic N) is 1. The van der Waals surface area contributed by atoms with Gasteiger partial charge in [0.05, 0.1) is 17.3 Å². The molecule has 2 aromatic rings. The van der Waals surface area contributed by atoms with E-state index in [1.165, 1.54) is 24.5 Å². The van der Waals surface area contributed by atoms with Crippen molar-refractivity contribution in [1.82, 2.24) is 9.62 Å². The zero-order valence-corrected chi connectivity index (χ0v) is 13.7. The fourth-order valence-corrected chi connectivity index (χ4v) is 3.34. The van der Waals surface area contributed by atoms with Crippen LogP contribution in [-0.2, 0) is 10.0 Å². The summed E-state index contributed by atoms with van der Waals surface area (Å²) < 4.78 is 46.0. The number of likely N-dealkylation sites (N-methyl/N-ethyl adjacent to an activating group) is 1. The molecule has 1 heterocycles. The van der Waals surface area contributed by atoms with Gasteiger partial charge in [-0.3, -0.25) is 4.90 Å². The first-order chi connectivity index (χ1) is 10.3. The van der Waals surface area contributed by atoms with E-state index in [0.29, 0.717) is 5.76 Å². The van der Waals surface area contributed by atoms with Gasteiger partial charge in [0.1, 0.15) is 10.7 Å². The molecule has 1 atom stereocenters. The lowest BCUT2D eigenvalue weighted by molar-refractivity contribution is 0.259. The van der Waals surface area contributed by atoms with Crippen LogP contribution in [0, 0.1) is 5.82 Å². The topological polar surface area (TPSA) is 62.6 Å². The monoisotopic (exact) mass is 346 g/mol. The number of rotatable bonds is 6. The van der Waals surface area contributed by atoms with Gasteiger partial charge in [0.25, 0.3) is 0 Å². The Bertz CT molecular complexity index is 733. The number of hydrogen-bond donors (Lipinski definition) is 1. The number of sulfonamides is 1. The van der Waals surface area contributed by atoms with Crippen molar-refractivity contribution in [3.05, 3.63) is 53.2 Å². The van der Waals surface area contributed by atoms with Crippen molar-refractivity contribution in [2.45, 2.75) is 10.9 Å². The molecular weight excluding hydrogens is 331 g/mol. The number of halogens is 2. The van der Waals surface area contributed by atoms with Crippen molar-refractivity contribution >= 4 is 21.6 Å². The number of benzene rings is 1. The fraction of sp³-hybridized carbons (Fsp3) is 0.286. The van der Waals surface area contributed by atoms with Gasteiger partial charge in [-0.25, -0.2) is 17.5 Å². The van der Waals surface area contributed by atoms with Crippen molar-refractivity contribution < 1.29 is 17.2 Å². The molecule has 2 rings (SSSR count). The first-order valence-electron chi connectivity index (χ1n) is 6.46. The normalized spacial score (nSPS) is 13.5. The van der Waals surface area contributed by atoms with Gasteiger partial charge < -0.3 is 4.42 Å². The highest BCUT2D eigenvalue weighted by Gasteiger charge is 2.24. The summed E-state index contributed by atoms with van der Waals surface area (Å²) in [5, 5.41) is -0.238. The van der Waals surface area contributed by atoms with Crippen LogP contribution in [0.4, 0.5) is 4.39 Å². The zero-order chi connectivity index (χ0) is 16.3. The van der Waals surface area contributed by atoms with E-state index >= 15 is 0 Å². The van der Waals surface area contributed by atoms with Crippen LogP contribution in [-0.4, -0.2) is 34.0 Å². The Hall–Kier alpha value is -1.41. The third-order valence-electron chi connectivity index (χ3n) is 3.17. The molecule has 0 aliphatic rings. The highest BCUT2D eigenvalue weighted by molar-refractivity contribution is 7.89. The van der Waals surface area contributed by atoms with Gasteiger partial charge in [-0.15, -0.1) is 0 Å². The first kappa shape index (κ1) is 17.0. The lowest BCUT2D eigenvalue weighted by Crippen LogP contribution is -2.34. The molecule has 0 radical (unpaired) electrons. The van der Waals surface area contributed by atoms with E-state index in [9.17, 15) is 12.8 Å². The highest BCUT2D eigenvalue weighted by Crippen LogP contribution is 2.23.